The molecule has 1 heterocycles. The molecule has 2 unspecified atom stereocenters. The summed E-state index contributed by atoms with van der Waals surface area (Å²) in [4.78, 5) is 23.0. The van der Waals surface area contributed by atoms with Gasteiger partial charge in [-0.2, -0.15) is 0 Å². The van der Waals surface area contributed by atoms with E-state index in [0.717, 1.165) is 0 Å². The summed E-state index contributed by atoms with van der Waals surface area (Å²) in [6.45, 7) is -0.166. The Hall–Kier alpha value is -1.88. The van der Waals surface area contributed by atoms with Crippen molar-refractivity contribution in [3.63, 3.8) is 0 Å². The Morgan fingerprint density at radius 2 is 2.12 bits per heavy atom. The lowest BCUT2D eigenvalue weighted by Gasteiger charge is -2.13. The molecule has 5 nitrogen and oxygen atoms in total. The highest BCUT2D eigenvalue weighted by Gasteiger charge is 2.39. The zero-order chi connectivity index (χ0) is 12.3. The molecule has 0 amide bonds. The number of benzene rings is 1. The fourth-order valence-electron chi connectivity index (χ4n) is 1.60. The number of aliphatic hydroxyl groups is 1. The molecule has 90 valence electrons. The molecule has 1 aromatic rings. The van der Waals surface area contributed by atoms with E-state index in [1.807, 2.05) is 0 Å². The average Bonchev–Trinajstić information content (AvgIpc) is 2.71. The standard InChI is InChI=1S/C12H12O5/c13-6-9-7-16-12(15)10(9)17-11(14)8-4-2-1-3-5-8/h1-5,9-10,13H,6-7H2. The molecular formula is C12H12O5. The van der Waals surface area contributed by atoms with Crippen molar-refractivity contribution in [1.82, 2.24) is 0 Å². The molecule has 0 aliphatic carbocycles. The second-order valence-electron chi connectivity index (χ2n) is 3.76. The minimum atomic E-state index is -1.01. The van der Waals surface area contributed by atoms with E-state index >= 15 is 0 Å². The average molecular weight is 236 g/mol. The fourth-order valence-corrected chi connectivity index (χ4v) is 1.60. The maximum absolute atomic E-state index is 11.7. The van der Waals surface area contributed by atoms with Crippen LogP contribution in [0.5, 0.6) is 0 Å². The number of aliphatic hydroxyl groups excluding tert-OH is 1. The van der Waals surface area contributed by atoms with Crippen LogP contribution in [0, 0.1) is 5.92 Å². The smallest absolute Gasteiger partial charge is 0.348 e. The van der Waals surface area contributed by atoms with Crippen molar-refractivity contribution in [2.75, 3.05) is 13.2 Å². The highest BCUT2D eigenvalue weighted by atomic mass is 16.6. The first kappa shape index (κ1) is 11.6. The van der Waals surface area contributed by atoms with Crippen LogP contribution >= 0.6 is 0 Å². The number of rotatable bonds is 3. The van der Waals surface area contributed by atoms with Gasteiger partial charge in [0.25, 0.3) is 0 Å². The van der Waals surface area contributed by atoms with Crippen LogP contribution in [0.1, 0.15) is 10.4 Å². The topological polar surface area (TPSA) is 72.8 Å². The molecule has 1 fully saturated rings. The Morgan fingerprint density at radius 3 is 2.76 bits per heavy atom. The Kier molecular flexibility index (Phi) is 3.39. The maximum Gasteiger partial charge on any atom is 0.348 e. The molecule has 0 bridgehead atoms. The summed E-state index contributed by atoms with van der Waals surface area (Å²) >= 11 is 0. The van der Waals surface area contributed by atoms with E-state index in [0.29, 0.717) is 5.56 Å². The van der Waals surface area contributed by atoms with Crippen LogP contribution in [0.25, 0.3) is 0 Å². The van der Waals surface area contributed by atoms with Crippen molar-refractivity contribution in [2.45, 2.75) is 6.10 Å². The third-order valence-corrected chi connectivity index (χ3v) is 2.58. The zero-order valence-electron chi connectivity index (χ0n) is 9.04. The predicted octanol–water partition coefficient (Wildman–Crippen LogP) is 0.377. The summed E-state index contributed by atoms with van der Waals surface area (Å²) in [5.74, 6) is -1.67. The zero-order valence-corrected chi connectivity index (χ0v) is 9.04. The van der Waals surface area contributed by atoms with Gasteiger partial charge in [-0.1, -0.05) is 18.2 Å². The number of carbonyl (C=O) groups excluding carboxylic acids is 2. The van der Waals surface area contributed by atoms with Crippen LogP contribution in [0.4, 0.5) is 0 Å². The van der Waals surface area contributed by atoms with Gasteiger partial charge in [0.05, 0.1) is 18.1 Å². The lowest BCUT2D eigenvalue weighted by Crippen LogP contribution is -2.30. The molecule has 1 aromatic carbocycles. The Bertz CT molecular complexity index is 414. The number of ether oxygens (including phenoxy) is 2. The van der Waals surface area contributed by atoms with E-state index in [9.17, 15) is 9.59 Å². The minimum absolute atomic E-state index is 0.0854. The Labute approximate surface area is 98.0 Å². The van der Waals surface area contributed by atoms with Crippen molar-refractivity contribution in [2.24, 2.45) is 5.92 Å². The molecule has 0 radical (unpaired) electrons. The van der Waals surface area contributed by atoms with Gasteiger partial charge in [-0.15, -0.1) is 0 Å². The maximum atomic E-state index is 11.7. The van der Waals surface area contributed by atoms with Crippen molar-refractivity contribution in [1.29, 1.82) is 0 Å². The van der Waals surface area contributed by atoms with E-state index in [2.05, 4.69) is 0 Å². The molecular weight excluding hydrogens is 224 g/mol. The molecule has 17 heavy (non-hydrogen) atoms. The summed E-state index contributed by atoms with van der Waals surface area (Å²) in [6.07, 6.45) is -1.01. The summed E-state index contributed by atoms with van der Waals surface area (Å²) in [7, 11) is 0. The van der Waals surface area contributed by atoms with Crippen molar-refractivity contribution < 1.29 is 24.2 Å². The van der Waals surface area contributed by atoms with Gasteiger partial charge in [0, 0.05) is 0 Å². The lowest BCUT2D eigenvalue weighted by molar-refractivity contribution is -0.145. The normalized spacial score (nSPS) is 23.2. The summed E-state index contributed by atoms with van der Waals surface area (Å²) < 4.78 is 9.77. The van der Waals surface area contributed by atoms with Crippen LogP contribution in [0.2, 0.25) is 0 Å². The van der Waals surface area contributed by atoms with E-state index in [4.69, 9.17) is 14.6 Å². The van der Waals surface area contributed by atoms with Gasteiger partial charge in [-0.25, -0.2) is 9.59 Å². The number of esters is 2. The molecule has 0 saturated carbocycles. The molecule has 0 spiro atoms. The van der Waals surface area contributed by atoms with Gasteiger partial charge in [0.1, 0.15) is 6.61 Å². The summed E-state index contributed by atoms with van der Waals surface area (Å²) in [5, 5.41) is 9.01. The molecule has 1 N–H and O–H groups in total. The monoisotopic (exact) mass is 236 g/mol. The van der Waals surface area contributed by atoms with Gasteiger partial charge in [-0.3, -0.25) is 0 Å². The lowest BCUT2D eigenvalue weighted by atomic mass is 10.1. The predicted molar refractivity (Wildman–Crippen MR) is 57.2 cm³/mol. The van der Waals surface area contributed by atoms with Gasteiger partial charge in [0.15, 0.2) is 0 Å². The second kappa shape index (κ2) is 4.97. The first-order chi connectivity index (χ1) is 8.22. The molecule has 1 aliphatic heterocycles. The highest BCUT2D eigenvalue weighted by molar-refractivity contribution is 5.91. The number of cyclic esters (lactones) is 1. The summed E-state index contributed by atoms with van der Waals surface area (Å²) in [6, 6.07) is 8.37. The van der Waals surface area contributed by atoms with E-state index < -0.39 is 24.0 Å². The first-order valence-electron chi connectivity index (χ1n) is 5.26. The van der Waals surface area contributed by atoms with Gasteiger partial charge in [0.2, 0.25) is 6.10 Å². The largest absolute Gasteiger partial charge is 0.462 e. The Balaban J connectivity index is 2.06. The van der Waals surface area contributed by atoms with Crippen molar-refractivity contribution in [3.05, 3.63) is 35.9 Å². The van der Waals surface area contributed by atoms with Gasteiger partial charge in [-0.05, 0) is 12.1 Å². The van der Waals surface area contributed by atoms with Crippen LogP contribution in [-0.4, -0.2) is 36.4 Å². The first-order valence-corrected chi connectivity index (χ1v) is 5.26. The van der Waals surface area contributed by atoms with Crippen LogP contribution in [0.15, 0.2) is 30.3 Å². The SMILES string of the molecule is O=C(OC1C(=O)OCC1CO)c1ccccc1. The number of hydrogen-bond donors (Lipinski definition) is 1. The third-order valence-electron chi connectivity index (χ3n) is 2.58. The molecule has 0 aromatic heterocycles. The molecule has 5 heteroatoms. The van der Waals surface area contributed by atoms with Gasteiger partial charge >= 0.3 is 11.9 Å². The molecule has 2 rings (SSSR count). The highest BCUT2D eigenvalue weighted by Crippen LogP contribution is 2.19. The summed E-state index contributed by atoms with van der Waals surface area (Å²) in [5.41, 5.74) is 0.365. The Morgan fingerprint density at radius 1 is 1.41 bits per heavy atom. The molecule has 2 atom stereocenters. The minimum Gasteiger partial charge on any atom is -0.462 e. The second-order valence-corrected chi connectivity index (χ2v) is 3.76. The van der Waals surface area contributed by atoms with Crippen LogP contribution < -0.4 is 0 Å². The molecule has 1 aliphatic rings. The van der Waals surface area contributed by atoms with Crippen molar-refractivity contribution >= 4 is 11.9 Å². The van der Waals surface area contributed by atoms with Crippen LogP contribution in [-0.2, 0) is 14.3 Å². The number of carbonyl (C=O) groups is 2. The number of hydrogen-bond acceptors (Lipinski definition) is 5. The molecule has 1 saturated heterocycles. The van der Waals surface area contributed by atoms with E-state index in [1.165, 1.54) is 0 Å². The van der Waals surface area contributed by atoms with E-state index in [-0.39, 0.29) is 13.2 Å². The van der Waals surface area contributed by atoms with E-state index in [1.54, 1.807) is 30.3 Å². The van der Waals surface area contributed by atoms with Crippen molar-refractivity contribution in [3.8, 4) is 0 Å². The van der Waals surface area contributed by atoms with Gasteiger partial charge < -0.3 is 14.6 Å². The third kappa shape index (κ3) is 2.45. The fraction of sp³-hybridized carbons (Fsp3) is 0.333. The van der Waals surface area contributed by atoms with Crippen LogP contribution in [0.3, 0.4) is 0 Å². The quantitative estimate of drug-likeness (QED) is 0.768.